The lowest BCUT2D eigenvalue weighted by molar-refractivity contribution is 0.384. The van der Waals surface area contributed by atoms with Gasteiger partial charge in [-0.2, -0.15) is 5.10 Å². The van der Waals surface area contributed by atoms with Gasteiger partial charge in [-0.05, 0) is 38.3 Å². The van der Waals surface area contributed by atoms with Crippen LogP contribution in [-0.2, 0) is 4.74 Å². The number of ether oxygens (including phenoxy) is 1. The molecule has 0 fully saturated rings. The zero-order chi connectivity index (χ0) is 15.4. The number of hydrogen-bond acceptors (Lipinski definition) is 4. The second kappa shape index (κ2) is 6.95. The van der Waals surface area contributed by atoms with Gasteiger partial charge in [0.05, 0.1) is 18.8 Å². The Labute approximate surface area is 132 Å². The van der Waals surface area contributed by atoms with Crippen molar-refractivity contribution >= 4 is 17.3 Å². The summed E-state index contributed by atoms with van der Waals surface area (Å²) in [5.41, 5.74) is 2.40. The molecule has 0 saturated carbocycles. The predicted molar refractivity (Wildman–Crippen MR) is 91.7 cm³/mol. The molecule has 22 heavy (non-hydrogen) atoms. The monoisotopic (exact) mass is 299 g/mol. The van der Waals surface area contributed by atoms with E-state index in [0.717, 1.165) is 25.3 Å². The van der Waals surface area contributed by atoms with E-state index in [-0.39, 0.29) is 0 Å². The molecule has 0 amide bonds. The minimum Gasteiger partial charge on any atom is -0.484 e. The summed E-state index contributed by atoms with van der Waals surface area (Å²) in [5, 5.41) is 6.86. The van der Waals surface area contributed by atoms with E-state index in [4.69, 9.17) is 14.8 Å². The molecule has 0 aliphatic carbocycles. The van der Waals surface area contributed by atoms with Gasteiger partial charge < -0.3 is 4.74 Å². The van der Waals surface area contributed by atoms with Crippen LogP contribution in [-0.4, -0.2) is 31.3 Å². The van der Waals surface area contributed by atoms with Crippen molar-refractivity contribution in [3.8, 4) is 0 Å². The molecule has 0 spiro atoms. The van der Waals surface area contributed by atoms with E-state index in [1.54, 1.807) is 7.11 Å². The van der Waals surface area contributed by atoms with Crippen LogP contribution in [0.15, 0.2) is 40.4 Å². The molecule has 0 bridgehead atoms. The van der Waals surface area contributed by atoms with Gasteiger partial charge in [0.2, 0.25) is 0 Å². The Morgan fingerprint density at radius 3 is 2.82 bits per heavy atom. The fraction of sp³-hybridized carbons (Fsp3) is 0.556. The molecule has 1 aromatic rings. The maximum atomic E-state index is 5.39. The number of benzene rings is 1. The van der Waals surface area contributed by atoms with Crippen LogP contribution in [0.3, 0.4) is 0 Å². The molecular formula is C18H25N3O. The Kier molecular flexibility index (Phi) is 4.76. The van der Waals surface area contributed by atoms with E-state index in [2.05, 4.69) is 36.2 Å². The summed E-state index contributed by atoms with van der Waals surface area (Å²) >= 11 is 0. The second-order valence-corrected chi connectivity index (χ2v) is 6.22. The normalized spacial score (nSPS) is 25.5. The van der Waals surface area contributed by atoms with Crippen molar-refractivity contribution in [2.45, 2.75) is 45.1 Å². The molecule has 0 N–H and O–H groups in total. The molecule has 118 valence electrons. The van der Waals surface area contributed by atoms with Crippen molar-refractivity contribution < 1.29 is 4.74 Å². The number of anilines is 1. The molecule has 2 aliphatic rings. The molecule has 1 aromatic carbocycles. The molecule has 2 heterocycles. The number of aliphatic imine (C=N–C) groups is 1. The summed E-state index contributed by atoms with van der Waals surface area (Å²) in [6.07, 6.45) is 5.66. The maximum absolute atomic E-state index is 5.39. The zero-order valence-electron chi connectivity index (χ0n) is 13.5. The number of methoxy groups -OCH3 is 1. The molecule has 0 radical (unpaired) electrons. The zero-order valence-corrected chi connectivity index (χ0v) is 13.5. The van der Waals surface area contributed by atoms with E-state index in [0.29, 0.717) is 12.0 Å². The second-order valence-electron chi connectivity index (χ2n) is 6.22. The molecule has 2 atom stereocenters. The number of hydrogen-bond donors (Lipinski definition) is 0. The Morgan fingerprint density at radius 2 is 2.05 bits per heavy atom. The third-order valence-corrected chi connectivity index (χ3v) is 4.61. The summed E-state index contributed by atoms with van der Waals surface area (Å²) in [6.45, 7) is 3.11. The van der Waals surface area contributed by atoms with Crippen molar-refractivity contribution in [1.29, 1.82) is 0 Å². The summed E-state index contributed by atoms with van der Waals surface area (Å²) in [7, 11) is 1.74. The van der Waals surface area contributed by atoms with Crippen molar-refractivity contribution in [3.63, 3.8) is 0 Å². The lowest BCUT2D eigenvalue weighted by atomic mass is 9.94. The third kappa shape index (κ3) is 3.49. The Morgan fingerprint density at radius 1 is 1.23 bits per heavy atom. The number of para-hydroxylation sites is 1. The van der Waals surface area contributed by atoms with Gasteiger partial charge in [-0.3, -0.25) is 10.0 Å². The fourth-order valence-electron chi connectivity index (χ4n) is 3.30. The standard InChI is InChI=1S/C18H25N3O/c1-14-15(12-16-8-6-7-11-18(19-16)22-2)13-21(20-14)17-9-4-3-5-10-17/h3-5,9-10,15-16H,6-8,11-13H2,1-2H3. The number of nitrogens with zero attached hydrogens (tertiary/aromatic N) is 3. The largest absolute Gasteiger partial charge is 0.484 e. The van der Waals surface area contributed by atoms with Gasteiger partial charge >= 0.3 is 0 Å². The van der Waals surface area contributed by atoms with E-state index in [1.165, 1.54) is 30.7 Å². The topological polar surface area (TPSA) is 37.2 Å². The molecule has 4 nitrogen and oxygen atoms in total. The van der Waals surface area contributed by atoms with Crippen LogP contribution < -0.4 is 5.01 Å². The lowest BCUT2D eigenvalue weighted by Gasteiger charge is -2.19. The lowest BCUT2D eigenvalue weighted by Crippen LogP contribution is -2.23. The van der Waals surface area contributed by atoms with Gasteiger partial charge in [-0.15, -0.1) is 0 Å². The van der Waals surface area contributed by atoms with Crippen molar-refractivity contribution in [3.05, 3.63) is 30.3 Å². The van der Waals surface area contributed by atoms with Crippen LogP contribution in [0.2, 0.25) is 0 Å². The summed E-state index contributed by atoms with van der Waals surface area (Å²) in [4.78, 5) is 4.81. The maximum Gasteiger partial charge on any atom is 0.183 e. The molecule has 3 rings (SSSR count). The Balaban J connectivity index is 1.65. The highest BCUT2D eigenvalue weighted by atomic mass is 16.5. The molecular weight excluding hydrogens is 274 g/mol. The van der Waals surface area contributed by atoms with Crippen LogP contribution in [0.5, 0.6) is 0 Å². The van der Waals surface area contributed by atoms with Gasteiger partial charge in [0.25, 0.3) is 0 Å². The third-order valence-electron chi connectivity index (χ3n) is 4.61. The van der Waals surface area contributed by atoms with Crippen LogP contribution in [0.4, 0.5) is 5.69 Å². The highest BCUT2D eigenvalue weighted by Crippen LogP contribution is 2.27. The predicted octanol–water partition coefficient (Wildman–Crippen LogP) is 3.88. The van der Waals surface area contributed by atoms with Crippen molar-refractivity contribution in [2.24, 2.45) is 16.0 Å². The first-order valence-electron chi connectivity index (χ1n) is 8.24. The van der Waals surface area contributed by atoms with E-state index < -0.39 is 0 Å². The van der Waals surface area contributed by atoms with Crippen LogP contribution >= 0.6 is 0 Å². The minimum absolute atomic E-state index is 0.378. The Hall–Kier alpha value is -1.84. The van der Waals surface area contributed by atoms with E-state index in [1.807, 2.05) is 6.07 Å². The van der Waals surface area contributed by atoms with Crippen molar-refractivity contribution in [2.75, 3.05) is 18.7 Å². The van der Waals surface area contributed by atoms with Gasteiger partial charge in [0.15, 0.2) is 5.90 Å². The summed E-state index contributed by atoms with van der Waals surface area (Å²) in [5.74, 6) is 1.42. The number of rotatable bonds is 3. The van der Waals surface area contributed by atoms with Gasteiger partial charge in [0, 0.05) is 24.6 Å². The van der Waals surface area contributed by atoms with Gasteiger partial charge in [-0.1, -0.05) is 24.6 Å². The minimum atomic E-state index is 0.378. The first-order chi connectivity index (χ1) is 10.8. The summed E-state index contributed by atoms with van der Waals surface area (Å²) < 4.78 is 5.39. The van der Waals surface area contributed by atoms with Crippen LogP contribution in [0.25, 0.3) is 0 Å². The number of hydrazone groups is 1. The molecule has 2 aliphatic heterocycles. The summed E-state index contributed by atoms with van der Waals surface area (Å²) in [6, 6.07) is 10.8. The quantitative estimate of drug-likeness (QED) is 0.849. The van der Waals surface area contributed by atoms with Crippen LogP contribution in [0, 0.1) is 5.92 Å². The van der Waals surface area contributed by atoms with Gasteiger partial charge in [-0.25, -0.2) is 0 Å². The highest BCUT2D eigenvalue weighted by molar-refractivity contribution is 5.88. The average molecular weight is 299 g/mol. The Bertz CT molecular complexity index is 553. The fourth-order valence-corrected chi connectivity index (χ4v) is 3.30. The molecule has 2 unspecified atom stereocenters. The molecule has 0 aromatic heterocycles. The molecule has 4 heteroatoms. The molecule has 0 saturated heterocycles. The first-order valence-corrected chi connectivity index (χ1v) is 8.24. The van der Waals surface area contributed by atoms with Crippen LogP contribution in [0.1, 0.15) is 39.0 Å². The average Bonchev–Trinajstić information content (AvgIpc) is 2.77. The smallest absolute Gasteiger partial charge is 0.183 e. The van der Waals surface area contributed by atoms with Gasteiger partial charge in [0.1, 0.15) is 0 Å². The van der Waals surface area contributed by atoms with E-state index in [9.17, 15) is 0 Å². The van der Waals surface area contributed by atoms with E-state index >= 15 is 0 Å². The first kappa shape index (κ1) is 15.1. The van der Waals surface area contributed by atoms with Crippen molar-refractivity contribution in [1.82, 2.24) is 0 Å². The highest BCUT2D eigenvalue weighted by Gasteiger charge is 2.27. The SMILES string of the molecule is COC1=NC(CC2CN(c3ccccc3)N=C2C)CCCC1.